The molecule has 0 aromatic heterocycles. The second-order valence-corrected chi connectivity index (χ2v) is 12.7. The van der Waals surface area contributed by atoms with Crippen LogP contribution in [0.2, 0.25) is 40.2 Å². The number of hydrogen-bond donors (Lipinski definition) is 4. The van der Waals surface area contributed by atoms with E-state index in [2.05, 4.69) is 0 Å². The summed E-state index contributed by atoms with van der Waals surface area (Å²) < 4.78 is 0. The van der Waals surface area contributed by atoms with E-state index in [9.17, 15) is 20.4 Å². The average molecular weight is 712 g/mol. The van der Waals surface area contributed by atoms with Crippen LogP contribution in [0.25, 0.3) is 0 Å². The molecule has 0 saturated carbocycles. The number of hydrogen-bond acceptors (Lipinski definition) is 6. The second kappa shape index (κ2) is 13.6. The summed E-state index contributed by atoms with van der Waals surface area (Å²) in [5, 5.41) is 41.4. The SMILES string of the molecule is Oc1c(Cl)cc(Cl)cc1Sc1cc(Cl)cc(Cl)c1O.Oc1c(Cl)cc(Cl)cc1Sc1cc(Cl)cc(Cl)c1O. The number of rotatable bonds is 4. The molecule has 200 valence electrons. The third kappa shape index (κ3) is 8.07. The standard InChI is InChI=1S/2C12H6Cl4O2S/c2*13-5-1-7(15)11(17)9(3-5)19-10-4-6(14)2-8(16)12(10)18/h2*1-4,17-18H. The van der Waals surface area contributed by atoms with Crippen LogP contribution < -0.4 is 0 Å². The van der Waals surface area contributed by atoms with Gasteiger partial charge in [0.05, 0.1) is 39.7 Å². The van der Waals surface area contributed by atoms with Crippen molar-refractivity contribution in [1.29, 1.82) is 0 Å². The van der Waals surface area contributed by atoms with Crippen molar-refractivity contribution in [3.8, 4) is 23.0 Å². The van der Waals surface area contributed by atoms with E-state index in [1.54, 1.807) is 0 Å². The predicted molar refractivity (Wildman–Crippen MR) is 161 cm³/mol. The van der Waals surface area contributed by atoms with Gasteiger partial charge in [-0.2, -0.15) is 0 Å². The minimum Gasteiger partial charge on any atom is -0.505 e. The summed E-state index contributed by atoms with van der Waals surface area (Å²) in [6.45, 7) is 0. The molecule has 4 rings (SSSR count). The quantitative estimate of drug-likeness (QED) is 0.169. The summed E-state index contributed by atoms with van der Waals surface area (Å²) in [5.41, 5.74) is 0. The smallest absolute Gasteiger partial charge is 0.148 e. The highest BCUT2D eigenvalue weighted by atomic mass is 35.5. The number of halogens is 8. The largest absolute Gasteiger partial charge is 0.505 e. The molecule has 0 atom stereocenters. The van der Waals surface area contributed by atoms with Crippen LogP contribution in [0, 0.1) is 0 Å². The average Bonchev–Trinajstić information content (AvgIpc) is 2.82. The Morgan fingerprint density at radius 1 is 0.342 bits per heavy atom. The van der Waals surface area contributed by atoms with Gasteiger partial charge in [0.25, 0.3) is 0 Å². The molecular formula is C24H12Cl8O4S2. The Morgan fingerprint density at radius 2 is 0.526 bits per heavy atom. The van der Waals surface area contributed by atoms with Crippen LogP contribution in [0.15, 0.2) is 68.1 Å². The van der Waals surface area contributed by atoms with Crippen LogP contribution in [0.4, 0.5) is 0 Å². The first-order valence-electron chi connectivity index (χ1n) is 9.84. The first-order chi connectivity index (χ1) is 17.8. The van der Waals surface area contributed by atoms with E-state index in [4.69, 9.17) is 92.8 Å². The van der Waals surface area contributed by atoms with Crippen LogP contribution in [0.3, 0.4) is 0 Å². The lowest BCUT2D eigenvalue weighted by Gasteiger charge is -2.09. The highest BCUT2D eigenvalue weighted by Gasteiger charge is 2.16. The van der Waals surface area contributed by atoms with Crippen molar-refractivity contribution in [3.05, 3.63) is 88.7 Å². The monoisotopic (exact) mass is 708 g/mol. The fourth-order valence-corrected chi connectivity index (χ4v) is 7.22. The maximum atomic E-state index is 9.85. The van der Waals surface area contributed by atoms with Crippen LogP contribution in [-0.4, -0.2) is 20.4 Å². The van der Waals surface area contributed by atoms with Gasteiger partial charge in [0, 0.05) is 20.1 Å². The number of phenolic OH excluding ortho intramolecular Hbond substituents is 4. The van der Waals surface area contributed by atoms with E-state index in [1.165, 1.54) is 48.5 Å². The molecule has 38 heavy (non-hydrogen) atoms. The lowest BCUT2D eigenvalue weighted by Crippen LogP contribution is -1.81. The molecule has 0 spiro atoms. The Balaban J connectivity index is 0.000000211. The Morgan fingerprint density at radius 3 is 0.711 bits per heavy atom. The molecule has 4 aromatic rings. The predicted octanol–water partition coefficient (Wildman–Crippen LogP) is 11.7. The number of aromatic hydroxyl groups is 4. The van der Waals surface area contributed by atoms with E-state index in [-0.39, 0.29) is 43.1 Å². The zero-order valence-corrected chi connectivity index (χ0v) is 25.9. The maximum Gasteiger partial charge on any atom is 0.148 e. The van der Waals surface area contributed by atoms with E-state index in [1.807, 2.05) is 0 Å². The second-order valence-electron chi connectivity index (χ2n) is 7.14. The Bertz CT molecular complexity index is 1290. The summed E-state index contributed by atoms with van der Waals surface area (Å²) in [5.74, 6) is -0.476. The van der Waals surface area contributed by atoms with Crippen LogP contribution in [0.1, 0.15) is 0 Å². The lowest BCUT2D eigenvalue weighted by atomic mass is 10.3. The van der Waals surface area contributed by atoms with Gasteiger partial charge in [-0.3, -0.25) is 0 Å². The van der Waals surface area contributed by atoms with Gasteiger partial charge in [-0.15, -0.1) is 0 Å². The third-order valence-corrected chi connectivity index (χ3v) is 8.56. The normalized spacial score (nSPS) is 10.7. The minimum atomic E-state index is -0.119. The Labute approximate surface area is 265 Å². The molecule has 0 unspecified atom stereocenters. The highest BCUT2D eigenvalue weighted by Crippen LogP contribution is 2.47. The number of phenols is 4. The highest BCUT2D eigenvalue weighted by molar-refractivity contribution is 7.99. The van der Waals surface area contributed by atoms with Crippen LogP contribution >= 0.6 is 116 Å². The van der Waals surface area contributed by atoms with Crippen molar-refractivity contribution in [2.24, 2.45) is 0 Å². The summed E-state index contributed by atoms with van der Waals surface area (Å²) >= 11 is 48.9. The van der Waals surface area contributed by atoms with Gasteiger partial charge < -0.3 is 20.4 Å². The molecule has 0 bridgehead atoms. The third-order valence-electron chi connectivity index (χ3n) is 4.41. The Hall–Kier alpha value is -0.900. The molecule has 0 amide bonds. The molecule has 0 saturated heterocycles. The van der Waals surface area contributed by atoms with Gasteiger partial charge in [0.2, 0.25) is 0 Å². The minimum absolute atomic E-state index is 0.119. The van der Waals surface area contributed by atoms with Gasteiger partial charge in [0.1, 0.15) is 23.0 Å². The van der Waals surface area contributed by atoms with Gasteiger partial charge in [0.15, 0.2) is 0 Å². The van der Waals surface area contributed by atoms with E-state index in [0.29, 0.717) is 39.7 Å². The molecule has 0 radical (unpaired) electrons. The molecule has 14 heteroatoms. The molecule has 4 N–H and O–H groups in total. The molecule has 4 aromatic carbocycles. The van der Waals surface area contributed by atoms with Crippen molar-refractivity contribution >= 4 is 116 Å². The van der Waals surface area contributed by atoms with Crippen molar-refractivity contribution in [2.45, 2.75) is 19.6 Å². The van der Waals surface area contributed by atoms with Gasteiger partial charge in [-0.25, -0.2) is 0 Å². The van der Waals surface area contributed by atoms with Gasteiger partial charge >= 0.3 is 0 Å². The summed E-state index contributed by atoms with van der Waals surface area (Å²) in [6, 6.07) is 11.8. The van der Waals surface area contributed by atoms with E-state index >= 15 is 0 Å². The summed E-state index contributed by atoms with van der Waals surface area (Å²) in [4.78, 5) is 1.58. The fourth-order valence-electron chi connectivity index (χ4n) is 2.72. The molecule has 4 nitrogen and oxygen atoms in total. The topological polar surface area (TPSA) is 80.9 Å². The van der Waals surface area contributed by atoms with Gasteiger partial charge in [-0.05, 0) is 48.5 Å². The zero-order valence-electron chi connectivity index (χ0n) is 18.2. The molecule has 0 aliphatic rings. The van der Waals surface area contributed by atoms with Crippen molar-refractivity contribution in [1.82, 2.24) is 0 Å². The molecule has 0 heterocycles. The molecule has 0 aliphatic carbocycles. The van der Waals surface area contributed by atoms with Crippen LogP contribution in [0.5, 0.6) is 23.0 Å². The summed E-state index contributed by atoms with van der Waals surface area (Å²) in [6.07, 6.45) is 0. The molecule has 0 fully saturated rings. The molecular weight excluding hydrogens is 700 g/mol. The molecule has 0 aliphatic heterocycles. The maximum absolute atomic E-state index is 9.85. The van der Waals surface area contributed by atoms with E-state index < -0.39 is 0 Å². The fraction of sp³-hybridized carbons (Fsp3) is 0. The first kappa shape index (κ1) is 31.6. The first-order valence-corrected chi connectivity index (χ1v) is 14.5. The van der Waals surface area contributed by atoms with Crippen molar-refractivity contribution in [2.75, 3.05) is 0 Å². The Kier molecular flexibility index (Phi) is 11.4. The van der Waals surface area contributed by atoms with E-state index in [0.717, 1.165) is 23.5 Å². The summed E-state index contributed by atoms with van der Waals surface area (Å²) in [7, 11) is 0. The van der Waals surface area contributed by atoms with Gasteiger partial charge in [-0.1, -0.05) is 116 Å². The van der Waals surface area contributed by atoms with Crippen molar-refractivity contribution in [3.63, 3.8) is 0 Å². The van der Waals surface area contributed by atoms with Crippen LogP contribution in [-0.2, 0) is 0 Å². The van der Waals surface area contributed by atoms with Crippen molar-refractivity contribution < 1.29 is 20.4 Å². The zero-order chi connectivity index (χ0) is 28.3. The lowest BCUT2D eigenvalue weighted by molar-refractivity contribution is 0.459. The number of benzene rings is 4.